The molecule has 1 aromatic carbocycles. The zero-order valence-electron chi connectivity index (χ0n) is 12.3. The molecule has 0 aliphatic heterocycles. The van der Waals surface area contributed by atoms with Crippen molar-refractivity contribution < 1.29 is 14.3 Å². The van der Waals surface area contributed by atoms with E-state index in [4.69, 9.17) is 10.5 Å². The zero-order chi connectivity index (χ0) is 14.7. The van der Waals surface area contributed by atoms with Crippen LogP contribution >= 0.6 is 0 Å². The molecule has 0 radical (unpaired) electrons. The van der Waals surface area contributed by atoms with Gasteiger partial charge in [0, 0.05) is 0 Å². The van der Waals surface area contributed by atoms with Crippen molar-refractivity contribution in [3.8, 4) is 5.75 Å². The molecule has 0 heterocycles. The molecule has 0 saturated carbocycles. The van der Waals surface area contributed by atoms with Crippen molar-refractivity contribution in [3.63, 3.8) is 0 Å². The molecule has 1 rings (SSSR count). The van der Waals surface area contributed by atoms with Gasteiger partial charge in [0.2, 0.25) is 0 Å². The Labute approximate surface area is 114 Å². The van der Waals surface area contributed by atoms with Crippen LogP contribution in [0.2, 0.25) is 0 Å². The normalized spacial score (nSPS) is 14.6. The SMILES string of the molecule is COC(=O)C(C)(N)COc1ccccc1C(C)(C)C. The lowest BCUT2D eigenvalue weighted by Gasteiger charge is -2.26. The topological polar surface area (TPSA) is 61.5 Å². The second kappa shape index (κ2) is 5.61. The summed E-state index contributed by atoms with van der Waals surface area (Å²) in [5.41, 5.74) is 5.77. The van der Waals surface area contributed by atoms with Crippen LogP contribution in [0, 0.1) is 0 Å². The fraction of sp³-hybridized carbons (Fsp3) is 0.533. The number of para-hydroxylation sites is 1. The van der Waals surface area contributed by atoms with E-state index in [1.54, 1.807) is 6.92 Å². The maximum Gasteiger partial charge on any atom is 0.329 e. The lowest BCUT2D eigenvalue weighted by molar-refractivity contribution is -0.147. The van der Waals surface area contributed by atoms with Gasteiger partial charge in [0.15, 0.2) is 0 Å². The summed E-state index contributed by atoms with van der Waals surface area (Å²) in [5.74, 6) is 0.260. The van der Waals surface area contributed by atoms with E-state index in [1.807, 2.05) is 24.3 Å². The molecule has 0 fully saturated rings. The quantitative estimate of drug-likeness (QED) is 0.848. The van der Waals surface area contributed by atoms with Gasteiger partial charge in [0.05, 0.1) is 7.11 Å². The summed E-state index contributed by atoms with van der Waals surface area (Å²) in [7, 11) is 1.32. The van der Waals surface area contributed by atoms with Gasteiger partial charge in [-0.15, -0.1) is 0 Å². The van der Waals surface area contributed by atoms with Crippen LogP contribution in [-0.2, 0) is 14.9 Å². The van der Waals surface area contributed by atoms with Gasteiger partial charge in [-0.3, -0.25) is 0 Å². The maximum absolute atomic E-state index is 11.5. The summed E-state index contributed by atoms with van der Waals surface area (Å²) < 4.78 is 10.4. The zero-order valence-corrected chi connectivity index (χ0v) is 12.3. The minimum Gasteiger partial charge on any atom is -0.491 e. The van der Waals surface area contributed by atoms with Gasteiger partial charge in [-0.1, -0.05) is 39.0 Å². The Kier molecular flexibility index (Phi) is 4.58. The van der Waals surface area contributed by atoms with Gasteiger partial charge in [-0.2, -0.15) is 0 Å². The Bertz CT molecular complexity index is 447. The van der Waals surface area contributed by atoms with Gasteiger partial charge >= 0.3 is 5.97 Å². The number of esters is 1. The minimum atomic E-state index is -1.15. The number of carbonyl (C=O) groups excluding carboxylic acids is 1. The summed E-state index contributed by atoms with van der Waals surface area (Å²) in [6.45, 7) is 8.00. The van der Waals surface area contributed by atoms with Crippen molar-refractivity contribution in [1.29, 1.82) is 0 Å². The van der Waals surface area contributed by atoms with Crippen molar-refractivity contribution in [2.45, 2.75) is 38.6 Å². The van der Waals surface area contributed by atoms with Crippen LogP contribution < -0.4 is 10.5 Å². The molecule has 106 valence electrons. The standard InChI is InChI=1S/C15H23NO3/c1-14(2,3)11-8-6-7-9-12(11)19-10-15(4,16)13(17)18-5/h6-9H,10,16H2,1-5H3. The molecule has 1 aromatic rings. The number of benzene rings is 1. The first-order valence-corrected chi connectivity index (χ1v) is 6.28. The molecule has 0 saturated heterocycles. The predicted octanol–water partition coefficient (Wildman–Crippen LogP) is 2.25. The summed E-state index contributed by atoms with van der Waals surface area (Å²) in [6, 6.07) is 7.77. The molecule has 0 aromatic heterocycles. The Morgan fingerprint density at radius 1 is 1.21 bits per heavy atom. The highest BCUT2D eigenvalue weighted by Gasteiger charge is 2.31. The van der Waals surface area contributed by atoms with Crippen molar-refractivity contribution in [1.82, 2.24) is 0 Å². The molecule has 0 amide bonds. The number of rotatable bonds is 4. The first-order chi connectivity index (χ1) is 8.68. The van der Waals surface area contributed by atoms with Crippen LogP contribution in [0.15, 0.2) is 24.3 Å². The largest absolute Gasteiger partial charge is 0.491 e. The number of hydrogen-bond donors (Lipinski definition) is 1. The van der Waals surface area contributed by atoms with Gasteiger partial charge in [0.25, 0.3) is 0 Å². The molecule has 0 spiro atoms. The third-order valence-electron chi connectivity index (χ3n) is 2.87. The number of carbonyl (C=O) groups is 1. The van der Waals surface area contributed by atoms with Crippen molar-refractivity contribution >= 4 is 5.97 Å². The maximum atomic E-state index is 11.5. The third-order valence-corrected chi connectivity index (χ3v) is 2.87. The average molecular weight is 265 g/mol. The van der Waals surface area contributed by atoms with E-state index in [9.17, 15) is 4.79 Å². The van der Waals surface area contributed by atoms with Crippen molar-refractivity contribution in [3.05, 3.63) is 29.8 Å². The van der Waals surface area contributed by atoms with E-state index < -0.39 is 11.5 Å². The minimum absolute atomic E-state index is 0.0349. The molecular weight excluding hydrogens is 242 g/mol. The highest BCUT2D eigenvalue weighted by molar-refractivity contribution is 5.80. The number of ether oxygens (including phenoxy) is 2. The predicted molar refractivity (Wildman–Crippen MR) is 75.2 cm³/mol. The molecule has 4 nitrogen and oxygen atoms in total. The summed E-state index contributed by atoms with van der Waals surface area (Å²) in [5, 5.41) is 0. The fourth-order valence-electron chi connectivity index (χ4n) is 1.73. The van der Waals surface area contributed by atoms with Gasteiger partial charge in [-0.25, -0.2) is 4.79 Å². The second-order valence-electron chi connectivity index (χ2n) is 5.94. The van der Waals surface area contributed by atoms with Crippen LogP contribution in [0.5, 0.6) is 5.75 Å². The van der Waals surface area contributed by atoms with Gasteiger partial charge < -0.3 is 15.2 Å². The summed E-state index contributed by atoms with van der Waals surface area (Å²) in [6.07, 6.45) is 0. The Hall–Kier alpha value is -1.55. The molecule has 0 aliphatic rings. The number of methoxy groups -OCH3 is 1. The molecular formula is C15H23NO3. The lowest BCUT2D eigenvalue weighted by atomic mass is 9.86. The fourth-order valence-corrected chi connectivity index (χ4v) is 1.73. The van der Waals surface area contributed by atoms with Crippen LogP contribution in [0.3, 0.4) is 0 Å². The van der Waals surface area contributed by atoms with E-state index in [0.29, 0.717) is 0 Å². The van der Waals surface area contributed by atoms with Crippen molar-refractivity contribution in [2.24, 2.45) is 5.73 Å². The highest BCUT2D eigenvalue weighted by Crippen LogP contribution is 2.31. The van der Waals surface area contributed by atoms with E-state index in [2.05, 4.69) is 25.5 Å². The molecule has 4 heteroatoms. The third kappa shape index (κ3) is 3.96. The lowest BCUT2D eigenvalue weighted by Crippen LogP contribution is -2.50. The van der Waals surface area contributed by atoms with E-state index in [-0.39, 0.29) is 12.0 Å². The second-order valence-corrected chi connectivity index (χ2v) is 5.94. The molecule has 0 aliphatic carbocycles. The summed E-state index contributed by atoms with van der Waals surface area (Å²) >= 11 is 0. The van der Waals surface area contributed by atoms with Crippen LogP contribution in [0.4, 0.5) is 0 Å². The van der Waals surface area contributed by atoms with Crippen LogP contribution in [0.1, 0.15) is 33.3 Å². The Balaban J connectivity index is 2.87. The van der Waals surface area contributed by atoms with E-state index >= 15 is 0 Å². The number of hydrogen-bond acceptors (Lipinski definition) is 4. The van der Waals surface area contributed by atoms with Gasteiger partial charge in [0.1, 0.15) is 17.9 Å². The molecule has 0 bridgehead atoms. The first kappa shape index (κ1) is 15.5. The van der Waals surface area contributed by atoms with Crippen molar-refractivity contribution in [2.75, 3.05) is 13.7 Å². The van der Waals surface area contributed by atoms with E-state index in [1.165, 1.54) is 7.11 Å². The van der Waals surface area contributed by atoms with Crippen LogP contribution in [-0.4, -0.2) is 25.2 Å². The average Bonchev–Trinajstić information content (AvgIpc) is 2.34. The highest BCUT2D eigenvalue weighted by atomic mass is 16.5. The Morgan fingerprint density at radius 3 is 2.32 bits per heavy atom. The molecule has 1 atom stereocenters. The van der Waals surface area contributed by atoms with Gasteiger partial charge in [-0.05, 0) is 24.0 Å². The number of nitrogens with two attached hydrogens (primary N) is 1. The molecule has 1 unspecified atom stereocenters. The first-order valence-electron chi connectivity index (χ1n) is 6.28. The van der Waals surface area contributed by atoms with E-state index in [0.717, 1.165) is 11.3 Å². The monoisotopic (exact) mass is 265 g/mol. The Morgan fingerprint density at radius 2 is 1.79 bits per heavy atom. The molecule has 19 heavy (non-hydrogen) atoms. The summed E-state index contributed by atoms with van der Waals surface area (Å²) in [4.78, 5) is 11.5. The molecule has 2 N–H and O–H groups in total. The van der Waals surface area contributed by atoms with Crippen LogP contribution in [0.25, 0.3) is 0 Å². The smallest absolute Gasteiger partial charge is 0.329 e.